The molecular formula is C18H18N4O3. The molecule has 1 atom stereocenters. The van der Waals surface area contributed by atoms with E-state index in [1.807, 2.05) is 24.3 Å². The number of anilines is 1. The van der Waals surface area contributed by atoms with Gasteiger partial charge in [-0.05, 0) is 36.7 Å². The third kappa shape index (κ3) is 4.25. The zero-order valence-corrected chi connectivity index (χ0v) is 13.5. The summed E-state index contributed by atoms with van der Waals surface area (Å²) < 4.78 is 5.78. The van der Waals surface area contributed by atoms with Crippen LogP contribution in [0.4, 0.5) is 5.69 Å². The second-order valence-corrected chi connectivity index (χ2v) is 5.77. The van der Waals surface area contributed by atoms with Gasteiger partial charge in [-0.2, -0.15) is 5.26 Å². The Morgan fingerprint density at radius 3 is 2.96 bits per heavy atom. The van der Waals surface area contributed by atoms with Crippen molar-refractivity contribution < 1.29 is 14.6 Å². The summed E-state index contributed by atoms with van der Waals surface area (Å²) in [6.45, 7) is 2.04. The van der Waals surface area contributed by atoms with E-state index in [4.69, 9.17) is 15.1 Å². The number of fused-ring (bicyclic) bond motifs is 1. The zero-order chi connectivity index (χ0) is 17.6. The molecule has 3 rings (SSSR count). The average molecular weight is 338 g/mol. The predicted octanol–water partition coefficient (Wildman–Crippen LogP) is 1.66. The number of rotatable bonds is 6. The third-order valence-electron chi connectivity index (χ3n) is 3.94. The molecule has 128 valence electrons. The molecule has 7 nitrogen and oxygen atoms in total. The minimum absolute atomic E-state index is 0.0726. The van der Waals surface area contributed by atoms with Gasteiger partial charge in [-0.25, -0.2) is 9.78 Å². The summed E-state index contributed by atoms with van der Waals surface area (Å²) in [4.78, 5) is 15.0. The molecular weight excluding hydrogens is 320 g/mol. The van der Waals surface area contributed by atoms with Crippen LogP contribution in [0.2, 0.25) is 0 Å². The monoisotopic (exact) mass is 338 g/mol. The molecule has 1 aliphatic rings. The molecule has 2 heterocycles. The third-order valence-corrected chi connectivity index (χ3v) is 3.94. The Bertz CT molecular complexity index is 799. The van der Waals surface area contributed by atoms with E-state index >= 15 is 0 Å². The summed E-state index contributed by atoms with van der Waals surface area (Å²) in [7, 11) is 0. The number of ether oxygens (including phenoxy) is 1. The minimum atomic E-state index is -1.01. The molecule has 25 heavy (non-hydrogen) atoms. The quantitative estimate of drug-likeness (QED) is 0.688. The summed E-state index contributed by atoms with van der Waals surface area (Å²) in [6, 6.07) is 11.2. The van der Waals surface area contributed by atoms with Crippen LogP contribution in [0, 0.1) is 11.3 Å². The van der Waals surface area contributed by atoms with Gasteiger partial charge in [0.1, 0.15) is 6.10 Å². The van der Waals surface area contributed by atoms with Crippen LogP contribution in [0.1, 0.15) is 21.5 Å². The molecule has 0 bridgehead atoms. The van der Waals surface area contributed by atoms with Gasteiger partial charge in [-0.15, -0.1) is 0 Å². The van der Waals surface area contributed by atoms with Gasteiger partial charge in [0, 0.05) is 12.7 Å². The number of hydrogen-bond donors (Lipinski definition) is 3. The number of hydrogen-bond acceptors (Lipinski definition) is 6. The minimum Gasteiger partial charge on any atom is -0.478 e. The maximum absolute atomic E-state index is 10.9. The van der Waals surface area contributed by atoms with Crippen molar-refractivity contribution >= 4 is 11.7 Å². The van der Waals surface area contributed by atoms with E-state index in [1.54, 1.807) is 0 Å². The summed E-state index contributed by atoms with van der Waals surface area (Å²) in [5.74, 6) is -0.584. The van der Waals surface area contributed by atoms with Crippen LogP contribution < -0.4 is 15.4 Å². The number of nitrogens with one attached hydrogen (secondary N) is 2. The number of nitriles is 1. The summed E-state index contributed by atoms with van der Waals surface area (Å²) >= 11 is 0. The Morgan fingerprint density at radius 2 is 2.24 bits per heavy atom. The molecule has 0 aliphatic carbocycles. The largest absolute Gasteiger partial charge is 0.478 e. The molecule has 0 amide bonds. The SMILES string of the molecule is N#Cc1ccc(CCNCC2CNc3cc(C(=O)O)cnc3O2)cc1. The van der Waals surface area contributed by atoms with Crippen LogP contribution in [-0.4, -0.2) is 41.8 Å². The number of benzene rings is 1. The number of aromatic nitrogens is 1. The van der Waals surface area contributed by atoms with Crippen molar-refractivity contribution in [3.05, 3.63) is 53.2 Å². The number of nitrogens with zero attached hydrogens (tertiary/aromatic N) is 2. The van der Waals surface area contributed by atoms with E-state index in [0.717, 1.165) is 13.0 Å². The van der Waals surface area contributed by atoms with Crippen molar-refractivity contribution in [3.8, 4) is 11.9 Å². The molecule has 0 saturated heterocycles. The van der Waals surface area contributed by atoms with Gasteiger partial charge in [-0.1, -0.05) is 12.1 Å². The Labute approximate surface area is 145 Å². The predicted molar refractivity (Wildman–Crippen MR) is 91.8 cm³/mol. The van der Waals surface area contributed by atoms with Crippen molar-refractivity contribution in [2.45, 2.75) is 12.5 Å². The van der Waals surface area contributed by atoms with E-state index in [9.17, 15) is 4.79 Å². The molecule has 2 aromatic rings. The average Bonchev–Trinajstić information content (AvgIpc) is 2.65. The molecule has 1 aromatic heterocycles. The van der Waals surface area contributed by atoms with Crippen molar-refractivity contribution in [1.29, 1.82) is 5.26 Å². The van der Waals surface area contributed by atoms with E-state index in [1.165, 1.54) is 17.8 Å². The normalized spacial score (nSPS) is 15.4. The lowest BCUT2D eigenvalue weighted by Crippen LogP contribution is -2.40. The number of carboxylic acids is 1. The number of carboxylic acid groups (broad SMARTS) is 1. The molecule has 0 fully saturated rings. The topological polar surface area (TPSA) is 107 Å². The second kappa shape index (κ2) is 7.64. The lowest BCUT2D eigenvalue weighted by atomic mass is 10.1. The van der Waals surface area contributed by atoms with Crippen LogP contribution in [0.3, 0.4) is 0 Å². The first kappa shape index (κ1) is 16.7. The van der Waals surface area contributed by atoms with Crippen molar-refractivity contribution in [3.63, 3.8) is 0 Å². The molecule has 0 radical (unpaired) electrons. The number of pyridine rings is 1. The summed E-state index contributed by atoms with van der Waals surface area (Å²) in [5, 5.41) is 24.3. The highest BCUT2D eigenvalue weighted by molar-refractivity contribution is 5.88. The first-order chi connectivity index (χ1) is 12.2. The Balaban J connectivity index is 1.45. The highest BCUT2D eigenvalue weighted by Crippen LogP contribution is 2.27. The lowest BCUT2D eigenvalue weighted by molar-refractivity contribution is 0.0696. The molecule has 1 aromatic carbocycles. The smallest absolute Gasteiger partial charge is 0.337 e. The molecule has 0 spiro atoms. The lowest BCUT2D eigenvalue weighted by Gasteiger charge is -2.26. The van der Waals surface area contributed by atoms with Crippen LogP contribution in [0.5, 0.6) is 5.88 Å². The molecule has 1 unspecified atom stereocenters. The Kier molecular flexibility index (Phi) is 5.11. The maximum atomic E-state index is 10.9. The van der Waals surface area contributed by atoms with Crippen LogP contribution in [0.25, 0.3) is 0 Å². The summed E-state index contributed by atoms with van der Waals surface area (Å²) in [6.07, 6.45) is 2.09. The standard InChI is InChI=1S/C18H18N4O3/c19-8-13-3-1-12(2-4-13)5-6-20-10-15-11-21-16-7-14(18(23)24)9-22-17(16)25-15/h1-4,7,9,15,20-21H,5-6,10-11H2,(H,23,24). The number of carbonyl (C=O) groups is 1. The highest BCUT2D eigenvalue weighted by Gasteiger charge is 2.21. The van der Waals surface area contributed by atoms with Gasteiger partial charge in [-0.3, -0.25) is 0 Å². The fraction of sp³-hybridized carbons (Fsp3) is 0.278. The fourth-order valence-corrected chi connectivity index (χ4v) is 2.57. The van der Waals surface area contributed by atoms with Gasteiger partial charge in [0.15, 0.2) is 0 Å². The molecule has 1 aliphatic heterocycles. The van der Waals surface area contributed by atoms with E-state index in [0.29, 0.717) is 30.2 Å². The zero-order valence-electron chi connectivity index (χ0n) is 13.5. The van der Waals surface area contributed by atoms with Crippen molar-refractivity contribution in [2.24, 2.45) is 0 Å². The maximum Gasteiger partial charge on any atom is 0.337 e. The van der Waals surface area contributed by atoms with Gasteiger partial charge < -0.3 is 20.5 Å². The van der Waals surface area contributed by atoms with Crippen molar-refractivity contribution in [2.75, 3.05) is 25.0 Å². The number of aromatic carboxylic acids is 1. The first-order valence-corrected chi connectivity index (χ1v) is 7.99. The van der Waals surface area contributed by atoms with E-state index in [2.05, 4.69) is 21.7 Å². The second-order valence-electron chi connectivity index (χ2n) is 5.77. The van der Waals surface area contributed by atoms with E-state index < -0.39 is 5.97 Å². The van der Waals surface area contributed by atoms with Crippen molar-refractivity contribution in [1.82, 2.24) is 10.3 Å². The van der Waals surface area contributed by atoms with Gasteiger partial charge >= 0.3 is 5.97 Å². The molecule has 3 N–H and O–H groups in total. The highest BCUT2D eigenvalue weighted by atomic mass is 16.5. The van der Waals surface area contributed by atoms with Crippen LogP contribution >= 0.6 is 0 Å². The molecule has 7 heteroatoms. The van der Waals surface area contributed by atoms with Gasteiger partial charge in [0.25, 0.3) is 0 Å². The van der Waals surface area contributed by atoms with Crippen LogP contribution in [0.15, 0.2) is 36.5 Å². The van der Waals surface area contributed by atoms with Crippen LogP contribution in [-0.2, 0) is 6.42 Å². The Morgan fingerprint density at radius 1 is 1.44 bits per heavy atom. The fourth-order valence-electron chi connectivity index (χ4n) is 2.57. The summed E-state index contributed by atoms with van der Waals surface area (Å²) in [5.41, 5.74) is 2.57. The van der Waals surface area contributed by atoms with E-state index in [-0.39, 0.29) is 11.7 Å². The Hall–Kier alpha value is -3.11. The molecule has 0 saturated carbocycles. The van der Waals surface area contributed by atoms with Gasteiger partial charge in [0.05, 0.1) is 29.4 Å². The first-order valence-electron chi connectivity index (χ1n) is 7.99. The van der Waals surface area contributed by atoms with Gasteiger partial charge in [0.2, 0.25) is 5.88 Å².